The number of hydrogen-bond donors (Lipinski definition) is 2. The maximum absolute atomic E-state index is 11.0. The normalized spacial score (nSPS) is 33.5. The average Bonchev–Trinajstić information content (AvgIpc) is 1.92. The fourth-order valence-corrected chi connectivity index (χ4v) is 3.07. The van der Waals surface area contributed by atoms with Crippen LogP contribution in [0.1, 0.15) is 25.7 Å². The summed E-state index contributed by atoms with van der Waals surface area (Å²) >= 11 is 0. The molecule has 1 aliphatic rings. The first-order valence-electron chi connectivity index (χ1n) is 4.46. The lowest BCUT2D eigenvalue weighted by molar-refractivity contribution is 0.0211. The Hall–Kier alpha value is 0.160. The van der Waals surface area contributed by atoms with Gasteiger partial charge < -0.3 is 10.8 Å². The van der Waals surface area contributed by atoms with E-state index in [1.807, 2.05) is 0 Å². The zero-order chi connectivity index (χ0) is 10.1. The first kappa shape index (κ1) is 14.2. The topological polar surface area (TPSA) is 80.4 Å². The van der Waals surface area contributed by atoms with Gasteiger partial charge in [0.1, 0.15) is 9.84 Å². The molecular formula is C8H18ClNO3S. The number of halogens is 1. The van der Waals surface area contributed by atoms with Gasteiger partial charge in [-0.25, -0.2) is 8.42 Å². The summed E-state index contributed by atoms with van der Waals surface area (Å²) < 4.78 is 22.0. The van der Waals surface area contributed by atoms with Crippen molar-refractivity contribution in [3.63, 3.8) is 0 Å². The van der Waals surface area contributed by atoms with Crippen molar-refractivity contribution in [2.45, 2.75) is 37.3 Å². The molecule has 14 heavy (non-hydrogen) atoms. The van der Waals surface area contributed by atoms with Crippen LogP contribution in [0.4, 0.5) is 0 Å². The summed E-state index contributed by atoms with van der Waals surface area (Å²) in [5, 5.41) is 9.89. The summed E-state index contributed by atoms with van der Waals surface area (Å²) in [6, 6.07) is 0.125. The third-order valence-corrected chi connectivity index (χ3v) is 3.55. The minimum Gasteiger partial charge on any atom is -0.389 e. The van der Waals surface area contributed by atoms with Gasteiger partial charge in [0, 0.05) is 12.3 Å². The highest BCUT2D eigenvalue weighted by molar-refractivity contribution is 7.90. The standard InChI is InChI=1S/C8H17NO3S.ClH/c1-13(11,12)6-8(10)4-2-7(9)3-5-8;/h7,10H,2-6,9H2,1H3;1H. The molecule has 1 aliphatic carbocycles. The van der Waals surface area contributed by atoms with E-state index >= 15 is 0 Å². The third kappa shape index (κ3) is 4.59. The molecule has 0 aromatic carbocycles. The Balaban J connectivity index is 0.00000169. The molecule has 4 nitrogen and oxygen atoms in total. The molecule has 0 spiro atoms. The van der Waals surface area contributed by atoms with Crippen LogP contribution in [0.2, 0.25) is 0 Å². The number of rotatable bonds is 2. The number of sulfone groups is 1. The van der Waals surface area contributed by atoms with Crippen LogP contribution in [0, 0.1) is 0 Å². The highest BCUT2D eigenvalue weighted by Crippen LogP contribution is 2.28. The average molecular weight is 244 g/mol. The van der Waals surface area contributed by atoms with Crippen LogP contribution < -0.4 is 5.73 Å². The van der Waals surface area contributed by atoms with Crippen molar-refractivity contribution in [1.82, 2.24) is 0 Å². The molecule has 0 heterocycles. The molecule has 0 aromatic rings. The van der Waals surface area contributed by atoms with Crippen molar-refractivity contribution in [3.8, 4) is 0 Å². The molecule has 0 radical (unpaired) electrons. The zero-order valence-corrected chi connectivity index (χ0v) is 9.90. The van der Waals surface area contributed by atoms with Gasteiger partial charge in [-0.2, -0.15) is 0 Å². The maximum atomic E-state index is 11.0. The van der Waals surface area contributed by atoms with Crippen LogP contribution in [0.15, 0.2) is 0 Å². The van der Waals surface area contributed by atoms with Crippen LogP contribution in [0.3, 0.4) is 0 Å². The van der Waals surface area contributed by atoms with Crippen LogP contribution in [-0.4, -0.2) is 37.2 Å². The summed E-state index contributed by atoms with van der Waals surface area (Å²) in [5.41, 5.74) is 4.63. The summed E-state index contributed by atoms with van der Waals surface area (Å²) in [7, 11) is -3.09. The minimum atomic E-state index is -3.09. The Kier molecular flexibility index (Phi) is 4.84. The van der Waals surface area contributed by atoms with Crippen molar-refractivity contribution in [2.24, 2.45) is 5.73 Å². The predicted molar refractivity (Wildman–Crippen MR) is 58.4 cm³/mol. The van der Waals surface area contributed by atoms with Crippen LogP contribution in [-0.2, 0) is 9.84 Å². The Morgan fingerprint density at radius 1 is 1.43 bits per heavy atom. The van der Waals surface area contributed by atoms with Crippen molar-refractivity contribution in [3.05, 3.63) is 0 Å². The maximum Gasteiger partial charge on any atom is 0.150 e. The van der Waals surface area contributed by atoms with E-state index in [-0.39, 0.29) is 24.2 Å². The predicted octanol–water partition coefficient (Wildman–Crippen LogP) is 0.0852. The van der Waals surface area contributed by atoms with E-state index in [1.54, 1.807) is 0 Å². The quantitative estimate of drug-likeness (QED) is 0.720. The highest BCUT2D eigenvalue weighted by Gasteiger charge is 2.34. The summed E-state index contributed by atoms with van der Waals surface area (Å²) in [5.74, 6) is -0.132. The van der Waals surface area contributed by atoms with Gasteiger partial charge in [0.15, 0.2) is 0 Å². The van der Waals surface area contributed by atoms with Crippen molar-refractivity contribution in [2.75, 3.05) is 12.0 Å². The molecule has 3 N–H and O–H groups in total. The molecule has 0 aliphatic heterocycles. The van der Waals surface area contributed by atoms with Gasteiger partial charge in [-0.05, 0) is 25.7 Å². The summed E-state index contributed by atoms with van der Waals surface area (Å²) in [6.45, 7) is 0. The number of aliphatic hydroxyl groups is 1. The lowest BCUT2D eigenvalue weighted by Crippen LogP contribution is -2.43. The minimum absolute atomic E-state index is 0. The molecule has 1 saturated carbocycles. The van der Waals surface area contributed by atoms with Gasteiger partial charge in [-0.1, -0.05) is 0 Å². The van der Waals surface area contributed by atoms with E-state index in [0.717, 1.165) is 6.26 Å². The second-order valence-electron chi connectivity index (χ2n) is 4.13. The van der Waals surface area contributed by atoms with Crippen LogP contribution in [0.25, 0.3) is 0 Å². The van der Waals surface area contributed by atoms with E-state index in [4.69, 9.17) is 5.73 Å². The molecule has 86 valence electrons. The van der Waals surface area contributed by atoms with E-state index in [9.17, 15) is 13.5 Å². The van der Waals surface area contributed by atoms with E-state index in [0.29, 0.717) is 25.7 Å². The molecule has 6 heteroatoms. The second kappa shape index (κ2) is 4.79. The van der Waals surface area contributed by atoms with Gasteiger partial charge >= 0.3 is 0 Å². The molecule has 0 aromatic heterocycles. The third-order valence-electron chi connectivity index (χ3n) is 2.49. The van der Waals surface area contributed by atoms with E-state index in [1.165, 1.54) is 0 Å². The van der Waals surface area contributed by atoms with Gasteiger partial charge in [0.25, 0.3) is 0 Å². The Morgan fingerprint density at radius 3 is 2.21 bits per heavy atom. The largest absolute Gasteiger partial charge is 0.389 e. The number of hydrogen-bond acceptors (Lipinski definition) is 4. The van der Waals surface area contributed by atoms with Gasteiger partial charge in [0.05, 0.1) is 11.4 Å². The van der Waals surface area contributed by atoms with Gasteiger partial charge in [-0.15, -0.1) is 12.4 Å². The zero-order valence-electron chi connectivity index (χ0n) is 8.27. The smallest absolute Gasteiger partial charge is 0.150 e. The molecule has 0 saturated heterocycles. The van der Waals surface area contributed by atoms with Crippen molar-refractivity contribution in [1.29, 1.82) is 0 Å². The second-order valence-corrected chi connectivity index (χ2v) is 6.27. The highest BCUT2D eigenvalue weighted by atomic mass is 35.5. The van der Waals surface area contributed by atoms with E-state index < -0.39 is 15.4 Å². The first-order chi connectivity index (χ1) is 5.81. The van der Waals surface area contributed by atoms with E-state index in [2.05, 4.69) is 0 Å². The Bertz CT molecular complexity index is 270. The summed E-state index contributed by atoms with van der Waals surface area (Å²) in [6.07, 6.45) is 3.58. The van der Waals surface area contributed by atoms with Crippen LogP contribution in [0.5, 0.6) is 0 Å². The fraction of sp³-hybridized carbons (Fsp3) is 1.00. The molecule has 0 unspecified atom stereocenters. The summed E-state index contributed by atoms with van der Waals surface area (Å²) in [4.78, 5) is 0. The Morgan fingerprint density at radius 2 is 1.86 bits per heavy atom. The Labute approximate surface area is 91.2 Å². The number of nitrogens with two attached hydrogens (primary N) is 1. The van der Waals surface area contributed by atoms with Crippen molar-refractivity contribution >= 4 is 22.2 Å². The molecule has 0 bridgehead atoms. The molecule has 0 atom stereocenters. The van der Waals surface area contributed by atoms with Gasteiger partial charge in [0.2, 0.25) is 0 Å². The van der Waals surface area contributed by atoms with Crippen LogP contribution >= 0.6 is 12.4 Å². The molecule has 1 rings (SSSR count). The lowest BCUT2D eigenvalue weighted by atomic mass is 9.84. The first-order valence-corrected chi connectivity index (χ1v) is 6.52. The molecular weight excluding hydrogens is 226 g/mol. The van der Waals surface area contributed by atoms with Gasteiger partial charge in [-0.3, -0.25) is 0 Å². The molecule has 0 amide bonds. The SMILES string of the molecule is CS(=O)(=O)CC1(O)CCC(N)CC1.Cl. The van der Waals surface area contributed by atoms with Crippen molar-refractivity contribution < 1.29 is 13.5 Å². The lowest BCUT2D eigenvalue weighted by Gasteiger charge is -2.33. The monoisotopic (exact) mass is 243 g/mol. The molecule has 1 fully saturated rings. The fourth-order valence-electron chi connectivity index (χ4n) is 1.81.